The SMILES string of the molecule is C=CCNCCn1c(C(F)(F)F)cccc1=O. The van der Waals surface area contributed by atoms with Gasteiger partial charge < -0.3 is 9.88 Å². The zero-order valence-corrected chi connectivity index (χ0v) is 9.13. The summed E-state index contributed by atoms with van der Waals surface area (Å²) < 4.78 is 38.5. The van der Waals surface area contributed by atoms with Crippen LogP contribution in [0.15, 0.2) is 35.6 Å². The predicted molar refractivity (Wildman–Crippen MR) is 58.8 cm³/mol. The summed E-state index contributed by atoms with van der Waals surface area (Å²) in [4.78, 5) is 11.4. The first-order valence-corrected chi connectivity index (χ1v) is 5.05. The molecule has 0 amide bonds. The second-order valence-electron chi connectivity index (χ2n) is 3.39. The zero-order valence-electron chi connectivity index (χ0n) is 9.13. The summed E-state index contributed by atoms with van der Waals surface area (Å²) in [7, 11) is 0. The van der Waals surface area contributed by atoms with E-state index in [9.17, 15) is 18.0 Å². The van der Waals surface area contributed by atoms with E-state index >= 15 is 0 Å². The Hall–Kier alpha value is -1.56. The minimum atomic E-state index is -4.52. The lowest BCUT2D eigenvalue weighted by molar-refractivity contribution is -0.144. The summed E-state index contributed by atoms with van der Waals surface area (Å²) in [6.07, 6.45) is -2.92. The maximum Gasteiger partial charge on any atom is 0.431 e. The average molecular weight is 246 g/mol. The molecule has 0 radical (unpaired) electrons. The summed E-state index contributed by atoms with van der Waals surface area (Å²) in [6.45, 7) is 4.21. The molecule has 1 N–H and O–H groups in total. The molecular weight excluding hydrogens is 233 g/mol. The van der Waals surface area contributed by atoms with E-state index in [-0.39, 0.29) is 13.1 Å². The number of halogens is 3. The van der Waals surface area contributed by atoms with E-state index in [0.29, 0.717) is 6.54 Å². The fourth-order valence-corrected chi connectivity index (χ4v) is 1.39. The Morgan fingerprint density at radius 1 is 1.41 bits per heavy atom. The van der Waals surface area contributed by atoms with Gasteiger partial charge in [0.05, 0.1) is 0 Å². The third-order valence-corrected chi connectivity index (χ3v) is 2.14. The standard InChI is InChI=1S/C11H13F3N2O/c1-2-6-15-7-8-16-9(11(12,13)14)4-3-5-10(16)17/h2-5,15H,1,6-8H2. The van der Waals surface area contributed by atoms with Gasteiger partial charge in [0, 0.05) is 25.7 Å². The van der Waals surface area contributed by atoms with E-state index < -0.39 is 17.4 Å². The van der Waals surface area contributed by atoms with Gasteiger partial charge in [-0.3, -0.25) is 4.79 Å². The molecular formula is C11H13F3N2O. The molecule has 0 fully saturated rings. The van der Waals surface area contributed by atoms with Gasteiger partial charge in [-0.1, -0.05) is 12.1 Å². The lowest BCUT2D eigenvalue weighted by Gasteiger charge is -2.14. The van der Waals surface area contributed by atoms with Gasteiger partial charge in [-0.05, 0) is 6.07 Å². The smallest absolute Gasteiger partial charge is 0.312 e. The number of aromatic nitrogens is 1. The van der Waals surface area contributed by atoms with Crippen LogP contribution in [0.25, 0.3) is 0 Å². The van der Waals surface area contributed by atoms with Crippen LogP contribution in [0, 0.1) is 0 Å². The summed E-state index contributed by atoms with van der Waals surface area (Å²) in [5.74, 6) is 0. The average Bonchev–Trinajstić information content (AvgIpc) is 2.24. The molecule has 0 saturated carbocycles. The van der Waals surface area contributed by atoms with Crippen LogP contribution in [0.4, 0.5) is 13.2 Å². The lowest BCUT2D eigenvalue weighted by atomic mass is 10.3. The Morgan fingerprint density at radius 3 is 2.71 bits per heavy atom. The molecule has 0 aliphatic heterocycles. The molecule has 0 aliphatic carbocycles. The molecule has 94 valence electrons. The highest BCUT2D eigenvalue weighted by Gasteiger charge is 2.33. The third kappa shape index (κ3) is 3.74. The summed E-state index contributed by atoms with van der Waals surface area (Å²) in [5, 5.41) is 2.84. The number of nitrogens with zero attached hydrogens (tertiary/aromatic N) is 1. The Morgan fingerprint density at radius 2 is 2.12 bits per heavy atom. The lowest BCUT2D eigenvalue weighted by Crippen LogP contribution is -2.31. The van der Waals surface area contributed by atoms with Crippen molar-refractivity contribution in [1.82, 2.24) is 9.88 Å². The Balaban J connectivity index is 2.89. The monoisotopic (exact) mass is 246 g/mol. The first-order valence-electron chi connectivity index (χ1n) is 5.05. The van der Waals surface area contributed by atoms with E-state index in [1.54, 1.807) is 6.08 Å². The van der Waals surface area contributed by atoms with E-state index in [2.05, 4.69) is 11.9 Å². The highest BCUT2D eigenvalue weighted by molar-refractivity contribution is 5.10. The summed E-state index contributed by atoms with van der Waals surface area (Å²) >= 11 is 0. The maximum atomic E-state index is 12.6. The molecule has 1 heterocycles. The van der Waals surface area contributed by atoms with Gasteiger partial charge >= 0.3 is 6.18 Å². The van der Waals surface area contributed by atoms with E-state index in [4.69, 9.17) is 0 Å². The second-order valence-corrected chi connectivity index (χ2v) is 3.39. The molecule has 0 aromatic carbocycles. The van der Waals surface area contributed by atoms with Crippen molar-refractivity contribution in [2.75, 3.05) is 13.1 Å². The zero-order chi connectivity index (χ0) is 12.9. The van der Waals surface area contributed by atoms with Crippen molar-refractivity contribution in [3.63, 3.8) is 0 Å². The topological polar surface area (TPSA) is 34.0 Å². The van der Waals surface area contributed by atoms with Gasteiger partial charge in [0.1, 0.15) is 5.69 Å². The van der Waals surface area contributed by atoms with Crippen molar-refractivity contribution in [3.8, 4) is 0 Å². The van der Waals surface area contributed by atoms with E-state index in [1.807, 2.05) is 0 Å². The number of rotatable bonds is 5. The van der Waals surface area contributed by atoms with Crippen LogP contribution in [0.1, 0.15) is 5.69 Å². The quantitative estimate of drug-likeness (QED) is 0.633. The van der Waals surface area contributed by atoms with Gasteiger partial charge in [-0.25, -0.2) is 0 Å². The molecule has 0 atom stereocenters. The molecule has 17 heavy (non-hydrogen) atoms. The molecule has 0 unspecified atom stereocenters. The fourth-order valence-electron chi connectivity index (χ4n) is 1.39. The van der Waals surface area contributed by atoms with Crippen LogP contribution in [-0.2, 0) is 12.7 Å². The molecule has 6 heteroatoms. The number of hydrogen-bond donors (Lipinski definition) is 1. The molecule has 0 spiro atoms. The number of hydrogen-bond acceptors (Lipinski definition) is 2. The largest absolute Gasteiger partial charge is 0.431 e. The van der Waals surface area contributed by atoms with Crippen LogP contribution in [0.2, 0.25) is 0 Å². The fraction of sp³-hybridized carbons (Fsp3) is 0.364. The summed E-state index contributed by atoms with van der Waals surface area (Å²) in [5.41, 5.74) is -1.58. The van der Waals surface area contributed by atoms with Gasteiger partial charge in [-0.15, -0.1) is 6.58 Å². The first-order chi connectivity index (χ1) is 7.96. The number of pyridine rings is 1. The van der Waals surface area contributed by atoms with Crippen molar-refractivity contribution in [2.24, 2.45) is 0 Å². The van der Waals surface area contributed by atoms with Crippen LogP contribution in [0.3, 0.4) is 0 Å². The Labute approximate surface area is 96.6 Å². The van der Waals surface area contributed by atoms with Gasteiger partial charge in [0.2, 0.25) is 0 Å². The van der Waals surface area contributed by atoms with Crippen molar-refractivity contribution >= 4 is 0 Å². The highest BCUT2D eigenvalue weighted by Crippen LogP contribution is 2.27. The normalized spacial score (nSPS) is 11.5. The van der Waals surface area contributed by atoms with E-state index in [1.165, 1.54) is 0 Å². The molecule has 0 bridgehead atoms. The van der Waals surface area contributed by atoms with Crippen molar-refractivity contribution < 1.29 is 13.2 Å². The van der Waals surface area contributed by atoms with Crippen LogP contribution in [0.5, 0.6) is 0 Å². The molecule has 0 saturated heterocycles. The van der Waals surface area contributed by atoms with Crippen LogP contribution < -0.4 is 10.9 Å². The number of alkyl halides is 3. The summed E-state index contributed by atoms with van der Waals surface area (Å²) in [6, 6.07) is 3.12. The van der Waals surface area contributed by atoms with Crippen LogP contribution in [-0.4, -0.2) is 17.7 Å². The van der Waals surface area contributed by atoms with E-state index in [0.717, 1.165) is 22.8 Å². The minimum absolute atomic E-state index is 0.0254. The predicted octanol–water partition coefficient (Wildman–Crippen LogP) is 1.64. The highest BCUT2D eigenvalue weighted by atomic mass is 19.4. The minimum Gasteiger partial charge on any atom is -0.312 e. The van der Waals surface area contributed by atoms with Crippen LogP contribution >= 0.6 is 0 Å². The van der Waals surface area contributed by atoms with Gasteiger partial charge in [-0.2, -0.15) is 13.2 Å². The van der Waals surface area contributed by atoms with Crippen molar-refractivity contribution in [3.05, 3.63) is 46.9 Å². The Bertz CT molecular complexity index is 437. The molecule has 1 rings (SSSR count). The molecule has 0 aliphatic rings. The molecule has 1 aromatic heterocycles. The third-order valence-electron chi connectivity index (χ3n) is 2.14. The van der Waals surface area contributed by atoms with Gasteiger partial charge in [0.15, 0.2) is 0 Å². The number of nitrogens with one attached hydrogen (secondary N) is 1. The Kier molecular flexibility index (Phi) is 4.51. The van der Waals surface area contributed by atoms with Crippen molar-refractivity contribution in [2.45, 2.75) is 12.7 Å². The van der Waals surface area contributed by atoms with Crippen molar-refractivity contribution in [1.29, 1.82) is 0 Å². The second kappa shape index (κ2) is 5.67. The maximum absolute atomic E-state index is 12.6. The molecule has 1 aromatic rings. The van der Waals surface area contributed by atoms with Gasteiger partial charge in [0.25, 0.3) is 5.56 Å². The molecule has 3 nitrogen and oxygen atoms in total. The first kappa shape index (κ1) is 13.5.